The predicted molar refractivity (Wildman–Crippen MR) is 124 cm³/mol. The van der Waals surface area contributed by atoms with Crippen molar-refractivity contribution in [2.45, 2.75) is 39.7 Å². The number of hydrogen-bond acceptors (Lipinski definition) is 5. The van der Waals surface area contributed by atoms with Crippen molar-refractivity contribution < 1.29 is 20.1 Å². The van der Waals surface area contributed by atoms with Crippen LogP contribution in [0.5, 0.6) is 5.75 Å². The Morgan fingerprint density at radius 1 is 1.10 bits per heavy atom. The summed E-state index contributed by atoms with van der Waals surface area (Å²) in [6, 6.07) is 12.1. The van der Waals surface area contributed by atoms with E-state index in [0.29, 0.717) is 12.3 Å². The standard InChI is InChI=1S/C26H35NO4/c1-25(2,3)9-8-21-15-23(14-20-6-4-5-7-24(20)21)31-17-22(30)16-27-12-10-26(18-28,19-29)11-13-27/h4-7,14-15,22,28-30H,10-13,16-19H2,1-3H3. The molecule has 31 heavy (non-hydrogen) atoms. The first-order chi connectivity index (χ1) is 14.7. The molecule has 0 spiro atoms. The van der Waals surface area contributed by atoms with Crippen LogP contribution in [0.25, 0.3) is 10.8 Å². The molecular weight excluding hydrogens is 390 g/mol. The Kier molecular flexibility index (Phi) is 7.61. The number of ether oxygens (including phenoxy) is 1. The Balaban J connectivity index is 1.63. The lowest BCUT2D eigenvalue weighted by atomic mass is 9.80. The van der Waals surface area contributed by atoms with Gasteiger partial charge in [0.2, 0.25) is 0 Å². The van der Waals surface area contributed by atoms with Gasteiger partial charge in [0.1, 0.15) is 18.5 Å². The molecule has 3 N–H and O–H groups in total. The zero-order valence-electron chi connectivity index (χ0n) is 18.9. The van der Waals surface area contributed by atoms with E-state index in [1.807, 2.05) is 30.3 Å². The van der Waals surface area contributed by atoms with Crippen molar-refractivity contribution in [3.05, 3.63) is 42.0 Å². The number of rotatable bonds is 7. The van der Waals surface area contributed by atoms with Crippen LogP contribution < -0.4 is 4.74 Å². The molecule has 5 nitrogen and oxygen atoms in total. The molecule has 3 rings (SSSR count). The normalized spacial score (nSPS) is 17.7. The summed E-state index contributed by atoms with van der Waals surface area (Å²) in [4.78, 5) is 2.16. The molecule has 0 radical (unpaired) electrons. The maximum Gasteiger partial charge on any atom is 0.121 e. The third-order valence-corrected chi connectivity index (χ3v) is 5.91. The smallest absolute Gasteiger partial charge is 0.121 e. The minimum atomic E-state index is -0.619. The highest BCUT2D eigenvalue weighted by molar-refractivity contribution is 5.89. The number of fused-ring (bicyclic) bond motifs is 1. The molecule has 1 aliphatic heterocycles. The highest BCUT2D eigenvalue weighted by Crippen LogP contribution is 2.30. The average molecular weight is 426 g/mol. The number of nitrogens with zero attached hydrogens (tertiary/aromatic N) is 1. The number of aliphatic hydroxyl groups excluding tert-OH is 3. The van der Waals surface area contributed by atoms with Gasteiger partial charge in [-0.25, -0.2) is 0 Å². The lowest BCUT2D eigenvalue weighted by molar-refractivity contribution is -0.0156. The van der Waals surface area contributed by atoms with E-state index < -0.39 is 6.10 Å². The Hall–Kier alpha value is -2.10. The Bertz CT molecular complexity index is 924. The summed E-state index contributed by atoms with van der Waals surface area (Å²) in [6.45, 7) is 8.49. The van der Waals surface area contributed by atoms with Gasteiger partial charge in [0.05, 0.1) is 13.2 Å². The molecule has 0 amide bonds. The van der Waals surface area contributed by atoms with Gasteiger partial charge < -0.3 is 25.0 Å². The molecule has 1 atom stereocenters. The monoisotopic (exact) mass is 425 g/mol. The van der Waals surface area contributed by atoms with Crippen molar-refractivity contribution in [3.8, 4) is 17.6 Å². The first kappa shape index (κ1) is 23.6. The molecule has 0 saturated carbocycles. The van der Waals surface area contributed by atoms with Gasteiger partial charge in [-0.15, -0.1) is 0 Å². The van der Waals surface area contributed by atoms with Crippen LogP contribution >= 0.6 is 0 Å². The third kappa shape index (κ3) is 6.44. The van der Waals surface area contributed by atoms with Crippen LogP contribution in [0.4, 0.5) is 0 Å². The fourth-order valence-corrected chi connectivity index (χ4v) is 3.84. The first-order valence-electron chi connectivity index (χ1n) is 11.0. The molecule has 0 aliphatic carbocycles. The highest BCUT2D eigenvalue weighted by Gasteiger charge is 2.33. The molecule has 1 fully saturated rings. The van der Waals surface area contributed by atoms with E-state index in [1.54, 1.807) is 0 Å². The zero-order chi connectivity index (χ0) is 22.5. The molecule has 0 bridgehead atoms. The topological polar surface area (TPSA) is 73.2 Å². The third-order valence-electron chi connectivity index (χ3n) is 5.91. The Morgan fingerprint density at radius 3 is 2.42 bits per heavy atom. The predicted octanol–water partition coefficient (Wildman–Crippen LogP) is 3.04. The van der Waals surface area contributed by atoms with Crippen LogP contribution in [-0.4, -0.2) is 65.8 Å². The zero-order valence-corrected chi connectivity index (χ0v) is 18.9. The van der Waals surface area contributed by atoms with E-state index in [2.05, 4.69) is 43.6 Å². The molecule has 2 aromatic carbocycles. The van der Waals surface area contributed by atoms with Crippen LogP contribution in [-0.2, 0) is 0 Å². The number of β-amino-alcohol motifs (C(OH)–C–C–N with tert-alkyl or cyclic N) is 1. The molecule has 1 saturated heterocycles. The minimum absolute atomic E-state index is 0.00537. The van der Waals surface area contributed by atoms with Gasteiger partial charge in [-0.2, -0.15) is 0 Å². The van der Waals surface area contributed by atoms with Gasteiger partial charge in [-0.3, -0.25) is 0 Å². The summed E-state index contributed by atoms with van der Waals surface area (Å²) in [5.41, 5.74) is 0.456. The minimum Gasteiger partial charge on any atom is -0.491 e. The first-order valence-corrected chi connectivity index (χ1v) is 11.0. The number of piperidine rings is 1. The molecule has 1 heterocycles. The molecule has 0 aromatic heterocycles. The van der Waals surface area contributed by atoms with Gasteiger partial charge in [0.15, 0.2) is 0 Å². The van der Waals surface area contributed by atoms with Crippen molar-refractivity contribution in [1.82, 2.24) is 4.90 Å². The van der Waals surface area contributed by atoms with Crippen molar-refractivity contribution >= 4 is 10.8 Å². The largest absolute Gasteiger partial charge is 0.491 e. The molecule has 2 aromatic rings. The van der Waals surface area contributed by atoms with Gasteiger partial charge in [0, 0.05) is 22.9 Å². The summed E-state index contributed by atoms with van der Waals surface area (Å²) in [6.07, 6.45) is 0.841. The van der Waals surface area contributed by atoms with Crippen LogP contribution in [0.3, 0.4) is 0 Å². The second kappa shape index (κ2) is 10.0. The second-order valence-electron chi connectivity index (χ2n) is 9.77. The fraction of sp³-hybridized carbons (Fsp3) is 0.538. The Labute approximate surface area is 185 Å². The fourth-order valence-electron chi connectivity index (χ4n) is 3.84. The molecule has 1 unspecified atom stereocenters. The second-order valence-corrected chi connectivity index (χ2v) is 9.77. The van der Waals surface area contributed by atoms with Crippen LogP contribution in [0, 0.1) is 22.7 Å². The van der Waals surface area contributed by atoms with E-state index >= 15 is 0 Å². The maximum atomic E-state index is 10.5. The molecule has 5 heteroatoms. The van der Waals surface area contributed by atoms with Crippen LogP contribution in [0.2, 0.25) is 0 Å². The van der Waals surface area contributed by atoms with Gasteiger partial charge >= 0.3 is 0 Å². The molecular formula is C26H35NO4. The van der Waals surface area contributed by atoms with Gasteiger partial charge in [-0.05, 0) is 69.6 Å². The van der Waals surface area contributed by atoms with Crippen molar-refractivity contribution in [2.75, 3.05) is 39.5 Å². The van der Waals surface area contributed by atoms with Crippen molar-refractivity contribution in [2.24, 2.45) is 10.8 Å². The summed E-state index contributed by atoms with van der Waals surface area (Å²) in [5, 5.41) is 31.7. The van der Waals surface area contributed by atoms with Crippen molar-refractivity contribution in [3.63, 3.8) is 0 Å². The van der Waals surface area contributed by atoms with E-state index in [1.165, 1.54) is 0 Å². The highest BCUT2D eigenvalue weighted by atomic mass is 16.5. The lowest BCUT2D eigenvalue weighted by Gasteiger charge is -2.40. The maximum absolute atomic E-state index is 10.5. The summed E-state index contributed by atoms with van der Waals surface area (Å²) < 4.78 is 5.95. The Morgan fingerprint density at radius 2 is 1.77 bits per heavy atom. The van der Waals surface area contributed by atoms with Gasteiger partial charge in [-0.1, -0.05) is 36.1 Å². The van der Waals surface area contributed by atoms with E-state index in [-0.39, 0.29) is 30.7 Å². The lowest BCUT2D eigenvalue weighted by Crippen LogP contribution is -2.46. The summed E-state index contributed by atoms with van der Waals surface area (Å²) in [5.74, 6) is 7.30. The average Bonchev–Trinajstić information content (AvgIpc) is 2.76. The number of aliphatic hydroxyl groups is 3. The summed E-state index contributed by atoms with van der Waals surface area (Å²) in [7, 11) is 0. The molecule has 1 aliphatic rings. The van der Waals surface area contributed by atoms with E-state index in [4.69, 9.17) is 4.74 Å². The SMILES string of the molecule is CC(C)(C)C#Cc1cc(OCC(O)CN2CCC(CO)(CO)CC2)cc2ccccc12. The van der Waals surface area contributed by atoms with E-state index in [0.717, 1.165) is 42.3 Å². The van der Waals surface area contributed by atoms with Gasteiger partial charge in [0.25, 0.3) is 0 Å². The molecule has 168 valence electrons. The number of hydrogen-bond donors (Lipinski definition) is 3. The summed E-state index contributed by atoms with van der Waals surface area (Å²) >= 11 is 0. The van der Waals surface area contributed by atoms with E-state index in [9.17, 15) is 15.3 Å². The van der Waals surface area contributed by atoms with Crippen molar-refractivity contribution in [1.29, 1.82) is 0 Å². The quantitative estimate of drug-likeness (QED) is 0.595. The van der Waals surface area contributed by atoms with Crippen LogP contribution in [0.15, 0.2) is 36.4 Å². The van der Waals surface area contributed by atoms with Crippen LogP contribution in [0.1, 0.15) is 39.2 Å². The number of benzene rings is 2. The number of likely N-dealkylation sites (tertiary alicyclic amines) is 1.